The average molecular weight is 497 g/mol. The van der Waals surface area contributed by atoms with Crippen molar-refractivity contribution in [3.63, 3.8) is 0 Å². The summed E-state index contributed by atoms with van der Waals surface area (Å²) in [6, 6.07) is 9.71. The summed E-state index contributed by atoms with van der Waals surface area (Å²) in [7, 11) is 0. The highest BCUT2D eigenvalue weighted by atomic mass is 35.5. The third-order valence-electron chi connectivity index (χ3n) is 5.89. The van der Waals surface area contributed by atoms with Crippen LogP contribution in [-0.4, -0.2) is 57.2 Å². The van der Waals surface area contributed by atoms with Crippen molar-refractivity contribution < 1.29 is 19.4 Å². The van der Waals surface area contributed by atoms with Crippen LogP contribution in [0.4, 0.5) is 4.79 Å². The number of aryl methyl sites for hydroxylation is 1. The first kappa shape index (κ1) is 22.9. The van der Waals surface area contributed by atoms with Crippen molar-refractivity contribution in [1.82, 2.24) is 19.7 Å². The van der Waals surface area contributed by atoms with Crippen LogP contribution < -0.4 is 15.7 Å². The molecule has 35 heavy (non-hydrogen) atoms. The summed E-state index contributed by atoms with van der Waals surface area (Å²) in [6.07, 6.45) is -0.450. The largest absolute Gasteiger partial charge is 0.491 e. The van der Waals surface area contributed by atoms with Crippen molar-refractivity contribution in [1.29, 1.82) is 0 Å². The van der Waals surface area contributed by atoms with Crippen LogP contribution >= 0.6 is 11.6 Å². The van der Waals surface area contributed by atoms with Gasteiger partial charge in [-0.2, -0.15) is 0 Å². The number of aromatic hydroxyl groups is 1. The highest BCUT2D eigenvalue weighted by Crippen LogP contribution is 2.23. The molecule has 1 aliphatic heterocycles. The van der Waals surface area contributed by atoms with E-state index in [2.05, 4.69) is 10.1 Å². The Balaban J connectivity index is 1.46. The Morgan fingerprint density at radius 1 is 1.20 bits per heavy atom. The van der Waals surface area contributed by atoms with E-state index in [0.717, 1.165) is 4.68 Å². The van der Waals surface area contributed by atoms with Gasteiger partial charge in [0.2, 0.25) is 5.43 Å². The van der Waals surface area contributed by atoms with Crippen molar-refractivity contribution in [2.24, 2.45) is 0 Å². The van der Waals surface area contributed by atoms with Crippen molar-refractivity contribution in [3.05, 3.63) is 73.1 Å². The minimum atomic E-state index is -0.642. The number of aromatic amines is 1. The van der Waals surface area contributed by atoms with E-state index in [-0.39, 0.29) is 22.8 Å². The molecule has 3 heterocycles. The molecular weight excluding hydrogens is 476 g/mol. The van der Waals surface area contributed by atoms with Crippen molar-refractivity contribution in [2.75, 3.05) is 26.3 Å². The molecule has 1 amide bonds. The lowest BCUT2D eigenvalue weighted by Crippen LogP contribution is -2.42. The molecule has 0 bridgehead atoms. The smallest absolute Gasteiger partial charge is 0.415 e. The predicted molar refractivity (Wildman–Crippen MR) is 130 cm³/mol. The molecule has 0 saturated carbocycles. The van der Waals surface area contributed by atoms with Gasteiger partial charge in [0.05, 0.1) is 25.3 Å². The van der Waals surface area contributed by atoms with Crippen LogP contribution in [0, 0.1) is 6.92 Å². The molecule has 1 aliphatic rings. The standard InChI is InChI=1S/C24H21ClN4O6/c1-13-10-14(2-5-18(13)35-24(33)28-6-8-34-9-7-28)12-29-23(32)19-20(22(31)27-29)26-17-11-15(25)3-4-16(17)21(19)30/h2-5,10-11H,6-9,12H2,1H3,(H,26,30)(H,27,31). The van der Waals surface area contributed by atoms with E-state index in [1.165, 1.54) is 6.07 Å². The van der Waals surface area contributed by atoms with Gasteiger partial charge >= 0.3 is 6.09 Å². The molecular formula is C24H21ClN4O6. The van der Waals surface area contributed by atoms with Gasteiger partial charge in [-0.3, -0.25) is 9.59 Å². The molecule has 4 aromatic rings. The summed E-state index contributed by atoms with van der Waals surface area (Å²) in [5.41, 5.74) is 0.531. The van der Waals surface area contributed by atoms with Crippen LogP contribution in [0.25, 0.3) is 21.8 Å². The zero-order chi connectivity index (χ0) is 24.7. The zero-order valence-electron chi connectivity index (χ0n) is 18.7. The Hall–Kier alpha value is -3.89. The average Bonchev–Trinajstić information content (AvgIpc) is 2.84. The molecule has 0 unspecified atom stereocenters. The summed E-state index contributed by atoms with van der Waals surface area (Å²) in [5, 5.41) is 15.0. The van der Waals surface area contributed by atoms with E-state index in [0.29, 0.717) is 53.7 Å². The highest BCUT2D eigenvalue weighted by Gasteiger charge is 2.20. The molecule has 0 atom stereocenters. The molecule has 0 spiro atoms. The number of amides is 1. The lowest BCUT2D eigenvalue weighted by atomic mass is 10.1. The zero-order valence-corrected chi connectivity index (χ0v) is 19.5. The number of nitrogens with zero attached hydrogens (tertiary/aromatic N) is 3. The Kier molecular flexibility index (Phi) is 5.91. The number of fused-ring (bicyclic) bond motifs is 2. The second-order valence-corrected chi connectivity index (χ2v) is 8.68. The summed E-state index contributed by atoms with van der Waals surface area (Å²) in [5.74, 6) is -0.0835. The molecule has 180 valence electrons. The lowest BCUT2D eigenvalue weighted by molar-refractivity contribution is 0.0415. The minimum absolute atomic E-state index is 0.00103. The van der Waals surface area contributed by atoms with Gasteiger partial charge in [-0.1, -0.05) is 23.7 Å². The number of carbonyl (C=O) groups is 1. The SMILES string of the molecule is Cc1cc(Cn2nc(O)c3[nH]c4cc(Cl)ccc4c(=O)c3c2=O)ccc1OC(=O)N1CCOCC1. The van der Waals surface area contributed by atoms with E-state index in [9.17, 15) is 19.5 Å². The van der Waals surface area contributed by atoms with Gasteiger partial charge in [0.1, 0.15) is 16.7 Å². The number of rotatable bonds is 3. The molecule has 2 aromatic carbocycles. The number of morpholine rings is 1. The predicted octanol–water partition coefficient (Wildman–Crippen LogP) is 2.78. The number of pyridine rings is 1. The maximum Gasteiger partial charge on any atom is 0.415 e. The molecule has 1 saturated heterocycles. The Labute approximate surface area is 203 Å². The van der Waals surface area contributed by atoms with Gasteiger partial charge in [-0.25, -0.2) is 9.48 Å². The Morgan fingerprint density at radius 3 is 2.71 bits per heavy atom. The number of H-pyrrole nitrogens is 1. The van der Waals surface area contributed by atoms with Crippen LogP contribution in [0.5, 0.6) is 11.6 Å². The van der Waals surface area contributed by atoms with E-state index < -0.39 is 23.0 Å². The third kappa shape index (κ3) is 4.33. The normalized spacial score (nSPS) is 13.9. The van der Waals surface area contributed by atoms with E-state index in [4.69, 9.17) is 21.1 Å². The first-order chi connectivity index (χ1) is 16.8. The number of ether oxygens (including phenoxy) is 2. The minimum Gasteiger partial charge on any atom is -0.491 e. The summed E-state index contributed by atoms with van der Waals surface area (Å²) in [6.45, 7) is 3.66. The molecule has 0 radical (unpaired) electrons. The maximum atomic E-state index is 13.1. The quantitative estimate of drug-likeness (QED) is 0.417. The van der Waals surface area contributed by atoms with Crippen molar-refractivity contribution >= 4 is 39.5 Å². The second-order valence-electron chi connectivity index (χ2n) is 8.25. The van der Waals surface area contributed by atoms with Crippen molar-refractivity contribution in [2.45, 2.75) is 13.5 Å². The van der Waals surface area contributed by atoms with Crippen molar-refractivity contribution in [3.8, 4) is 11.6 Å². The fourth-order valence-corrected chi connectivity index (χ4v) is 4.25. The van der Waals surface area contributed by atoms with Crippen LogP contribution in [0.2, 0.25) is 5.02 Å². The number of halogens is 1. The van der Waals surface area contributed by atoms with E-state index >= 15 is 0 Å². The molecule has 0 aliphatic carbocycles. The van der Waals surface area contributed by atoms with Gasteiger partial charge in [0.15, 0.2) is 0 Å². The molecule has 2 N–H and O–H groups in total. The number of benzene rings is 2. The van der Waals surface area contributed by atoms with Crippen LogP contribution in [-0.2, 0) is 11.3 Å². The van der Waals surface area contributed by atoms with E-state index in [1.54, 1.807) is 42.2 Å². The summed E-state index contributed by atoms with van der Waals surface area (Å²) in [4.78, 5) is 43.0. The highest BCUT2D eigenvalue weighted by molar-refractivity contribution is 6.31. The van der Waals surface area contributed by atoms with Gasteiger partial charge in [-0.15, -0.1) is 5.10 Å². The number of hydrogen-bond donors (Lipinski definition) is 2. The fraction of sp³-hybridized carbons (Fsp3) is 0.250. The second kappa shape index (κ2) is 9.05. The molecule has 5 rings (SSSR count). The van der Waals surface area contributed by atoms with Crippen LogP contribution in [0.3, 0.4) is 0 Å². The fourth-order valence-electron chi connectivity index (χ4n) is 4.08. The first-order valence-electron chi connectivity index (χ1n) is 10.9. The van der Waals surface area contributed by atoms with E-state index in [1.807, 2.05) is 0 Å². The topological polar surface area (TPSA) is 127 Å². The van der Waals surface area contributed by atoms with Crippen LogP contribution in [0.1, 0.15) is 11.1 Å². The number of carbonyl (C=O) groups excluding carboxylic acids is 1. The van der Waals surface area contributed by atoms with Gasteiger partial charge in [0.25, 0.3) is 11.4 Å². The molecule has 10 nitrogen and oxygen atoms in total. The molecule has 1 fully saturated rings. The Morgan fingerprint density at radius 2 is 1.97 bits per heavy atom. The molecule has 2 aromatic heterocycles. The molecule has 11 heteroatoms. The third-order valence-corrected chi connectivity index (χ3v) is 6.12. The van der Waals surface area contributed by atoms with Gasteiger partial charge in [0, 0.05) is 23.5 Å². The Bertz CT molecular complexity index is 1590. The number of aromatic nitrogens is 3. The van der Waals surface area contributed by atoms with Crippen LogP contribution in [0.15, 0.2) is 46.0 Å². The number of nitrogens with one attached hydrogen (secondary N) is 1. The monoisotopic (exact) mass is 496 g/mol. The van der Waals surface area contributed by atoms with Gasteiger partial charge in [-0.05, 0) is 42.3 Å². The summed E-state index contributed by atoms with van der Waals surface area (Å²) < 4.78 is 11.8. The first-order valence-corrected chi connectivity index (χ1v) is 11.3. The maximum absolute atomic E-state index is 13.1. The summed E-state index contributed by atoms with van der Waals surface area (Å²) >= 11 is 6.00. The lowest BCUT2D eigenvalue weighted by Gasteiger charge is -2.26. The number of hydrogen-bond acceptors (Lipinski definition) is 7. The van der Waals surface area contributed by atoms with Gasteiger partial charge < -0.3 is 24.5 Å².